The normalized spacial score (nSPS) is 13.5. The molecule has 296 valence electrons. The molecule has 0 fully saturated rings. The third-order valence-electron chi connectivity index (χ3n) is 9.65. The number of amides is 1. The molecule has 1 amide bonds. The summed E-state index contributed by atoms with van der Waals surface area (Å²) in [6.45, 7) is 4.06. The molecule has 0 rings (SSSR count). The van der Waals surface area contributed by atoms with Crippen LogP contribution in [0.4, 0.5) is 0 Å². The van der Waals surface area contributed by atoms with Crippen LogP contribution < -0.4 is 5.32 Å². The average molecular weight is 728 g/mol. The molecule has 8 heteroatoms. The van der Waals surface area contributed by atoms with E-state index >= 15 is 0 Å². The van der Waals surface area contributed by atoms with Gasteiger partial charge in [-0.2, -0.15) is 0 Å². The second-order valence-electron chi connectivity index (χ2n) is 14.7. The Morgan fingerprint density at radius 2 is 0.900 bits per heavy atom. The maximum absolute atomic E-state index is 12.6. The van der Waals surface area contributed by atoms with E-state index in [0.717, 1.165) is 38.5 Å². The van der Waals surface area contributed by atoms with Crippen molar-refractivity contribution >= 4 is 13.7 Å². The van der Waals surface area contributed by atoms with E-state index in [1.54, 1.807) is 6.08 Å². The minimum Gasteiger partial charge on any atom is -0.387 e. The summed E-state index contributed by atoms with van der Waals surface area (Å²) in [5.41, 5.74) is 0. The van der Waals surface area contributed by atoms with Crippen molar-refractivity contribution in [1.29, 1.82) is 0 Å². The maximum Gasteiger partial charge on any atom is 0.469 e. The summed E-state index contributed by atoms with van der Waals surface area (Å²) in [5, 5.41) is 13.4. The van der Waals surface area contributed by atoms with Crippen molar-refractivity contribution in [3.8, 4) is 0 Å². The Hall–Kier alpha value is -0.980. The Labute approximate surface area is 309 Å². The van der Waals surface area contributed by atoms with Crippen molar-refractivity contribution in [1.82, 2.24) is 5.32 Å². The molecule has 0 aromatic carbocycles. The first-order chi connectivity index (χ1) is 24.3. The monoisotopic (exact) mass is 728 g/mol. The zero-order chi connectivity index (χ0) is 36.8. The predicted molar refractivity (Wildman–Crippen MR) is 213 cm³/mol. The molecule has 0 aromatic heterocycles. The van der Waals surface area contributed by atoms with E-state index in [0.29, 0.717) is 6.42 Å². The molecule has 0 spiro atoms. The second-order valence-corrected chi connectivity index (χ2v) is 15.9. The molecule has 7 nitrogen and oxygen atoms in total. The molecular formula is C42H82NO6P. The van der Waals surface area contributed by atoms with Gasteiger partial charge in [-0.1, -0.05) is 192 Å². The molecule has 0 heterocycles. The Kier molecular flexibility index (Phi) is 37.0. The third kappa shape index (κ3) is 38.3. The van der Waals surface area contributed by atoms with E-state index in [-0.39, 0.29) is 5.91 Å². The smallest absolute Gasteiger partial charge is 0.387 e. The van der Waals surface area contributed by atoms with Crippen LogP contribution in [0.2, 0.25) is 0 Å². The number of hydrogen-bond donors (Lipinski definition) is 4. The van der Waals surface area contributed by atoms with Gasteiger partial charge in [0.25, 0.3) is 0 Å². The number of hydrogen-bond acceptors (Lipinski definition) is 4. The van der Waals surface area contributed by atoms with E-state index in [2.05, 4.69) is 35.8 Å². The van der Waals surface area contributed by atoms with Crippen molar-refractivity contribution in [2.45, 2.75) is 231 Å². The Morgan fingerprint density at radius 1 is 0.560 bits per heavy atom. The van der Waals surface area contributed by atoms with Gasteiger partial charge in [-0.25, -0.2) is 4.57 Å². The fraction of sp³-hybridized carbons (Fsp3) is 0.881. The number of carbonyl (C=O) groups is 1. The van der Waals surface area contributed by atoms with Gasteiger partial charge in [-0.3, -0.25) is 9.32 Å². The first-order valence-corrected chi connectivity index (χ1v) is 22.8. The lowest BCUT2D eigenvalue weighted by molar-refractivity contribution is -0.123. The van der Waals surface area contributed by atoms with Gasteiger partial charge in [-0.15, -0.1) is 0 Å². The predicted octanol–water partition coefficient (Wildman–Crippen LogP) is 12.6. The standard InChI is InChI=1S/C42H82NO6P/c1-3-5-7-9-11-13-15-16-17-18-19-20-21-22-23-24-25-26-28-30-32-34-36-38-42(45)43-40(39-49-50(46,47)48)41(44)37-35-33-31-29-27-14-12-10-8-6-4-2/h16-17,35,37,40-41,44H,3-15,18-34,36,38-39H2,1-2H3,(H,43,45)(H2,46,47,48)/b17-16+,37-35+/t40-,41+/m0/s1. The quantitative estimate of drug-likeness (QED) is 0.0284. The lowest BCUT2D eigenvalue weighted by Gasteiger charge is -2.22. The lowest BCUT2D eigenvalue weighted by Crippen LogP contribution is -2.45. The first kappa shape index (κ1) is 49.0. The molecule has 0 radical (unpaired) electrons. The van der Waals surface area contributed by atoms with Gasteiger partial charge in [0.1, 0.15) is 0 Å². The Bertz CT molecular complexity index is 829. The summed E-state index contributed by atoms with van der Waals surface area (Å²) >= 11 is 0. The summed E-state index contributed by atoms with van der Waals surface area (Å²) in [6.07, 6.45) is 46.4. The molecule has 50 heavy (non-hydrogen) atoms. The van der Waals surface area contributed by atoms with Crippen molar-refractivity contribution in [3.05, 3.63) is 24.3 Å². The zero-order valence-electron chi connectivity index (χ0n) is 32.8. The molecule has 0 bridgehead atoms. The molecule has 0 saturated heterocycles. The summed E-state index contributed by atoms with van der Waals surface area (Å²) in [7, 11) is -4.71. The maximum atomic E-state index is 12.6. The molecule has 0 saturated carbocycles. The van der Waals surface area contributed by atoms with Crippen LogP contribution in [0.5, 0.6) is 0 Å². The Morgan fingerprint density at radius 3 is 1.28 bits per heavy atom. The highest BCUT2D eigenvalue weighted by Crippen LogP contribution is 2.35. The van der Waals surface area contributed by atoms with Gasteiger partial charge in [0.05, 0.1) is 18.8 Å². The highest BCUT2D eigenvalue weighted by molar-refractivity contribution is 7.46. The van der Waals surface area contributed by atoms with E-state index in [9.17, 15) is 14.5 Å². The molecule has 0 aromatic rings. The highest BCUT2D eigenvalue weighted by atomic mass is 31.2. The minimum atomic E-state index is -4.71. The second kappa shape index (κ2) is 37.8. The van der Waals surface area contributed by atoms with Crippen LogP contribution >= 0.6 is 7.82 Å². The zero-order valence-corrected chi connectivity index (χ0v) is 33.7. The van der Waals surface area contributed by atoms with Crippen LogP contribution in [-0.2, 0) is 13.9 Å². The summed E-state index contributed by atoms with van der Waals surface area (Å²) < 4.78 is 15.9. The van der Waals surface area contributed by atoms with Crippen LogP contribution in [0, 0.1) is 0 Å². The molecule has 0 aliphatic carbocycles. The first-order valence-electron chi connectivity index (χ1n) is 21.3. The van der Waals surface area contributed by atoms with E-state index in [4.69, 9.17) is 9.79 Å². The molecule has 0 aliphatic heterocycles. The number of aliphatic hydroxyl groups excluding tert-OH is 1. The van der Waals surface area contributed by atoms with Crippen LogP contribution in [0.3, 0.4) is 0 Å². The fourth-order valence-corrected chi connectivity index (χ4v) is 6.75. The number of nitrogens with one attached hydrogen (secondary N) is 1. The summed E-state index contributed by atoms with van der Waals surface area (Å²) in [6, 6.07) is -0.906. The minimum absolute atomic E-state index is 0.226. The summed E-state index contributed by atoms with van der Waals surface area (Å²) in [5.74, 6) is -0.226. The van der Waals surface area contributed by atoms with E-state index < -0.39 is 26.6 Å². The van der Waals surface area contributed by atoms with Gasteiger partial charge in [0.15, 0.2) is 0 Å². The average Bonchev–Trinajstić information content (AvgIpc) is 3.08. The number of phosphoric acid groups is 1. The van der Waals surface area contributed by atoms with Crippen LogP contribution in [0.25, 0.3) is 0 Å². The van der Waals surface area contributed by atoms with Gasteiger partial charge >= 0.3 is 7.82 Å². The molecular weight excluding hydrogens is 645 g/mol. The highest BCUT2D eigenvalue weighted by Gasteiger charge is 2.24. The number of aliphatic hydroxyl groups is 1. The third-order valence-corrected chi connectivity index (χ3v) is 10.1. The molecule has 0 aliphatic rings. The number of allylic oxidation sites excluding steroid dienone is 3. The number of unbranched alkanes of at least 4 members (excludes halogenated alkanes) is 28. The Balaban J connectivity index is 3.84. The van der Waals surface area contributed by atoms with Crippen LogP contribution in [-0.4, -0.2) is 39.6 Å². The van der Waals surface area contributed by atoms with E-state index in [1.807, 2.05) is 6.08 Å². The molecule has 0 unspecified atom stereocenters. The lowest BCUT2D eigenvalue weighted by atomic mass is 10.0. The van der Waals surface area contributed by atoms with Gasteiger partial charge in [-0.05, 0) is 44.9 Å². The van der Waals surface area contributed by atoms with Crippen molar-refractivity contribution in [3.63, 3.8) is 0 Å². The molecule has 2 atom stereocenters. The van der Waals surface area contributed by atoms with Gasteiger partial charge in [0.2, 0.25) is 5.91 Å². The van der Waals surface area contributed by atoms with Gasteiger partial charge < -0.3 is 20.2 Å². The van der Waals surface area contributed by atoms with Crippen molar-refractivity contribution in [2.75, 3.05) is 6.61 Å². The topological polar surface area (TPSA) is 116 Å². The van der Waals surface area contributed by atoms with Crippen LogP contribution in [0.1, 0.15) is 219 Å². The van der Waals surface area contributed by atoms with Gasteiger partial charge in [0, 0.05) is 6.42 Å². The molecule has 4 N–H and O–H groups in total. The number of phosphoric ester groups is 1. The number of carbonyl (C=O) groups excluding carboxylic acids is 1. The van der Waals surface area contributed by atoms with E-state index in [1.165, 1.54) is 161 Å². The number of rotatable bonds is 39. The van der Waals surface area contributed by atoms with Crippen molar-refractivity contribution < 1.29 is 28.8 Å². The largest absolute Gasteiger partial charge is 0.469 e. The summed E-state index contributed by atoms with van der Waals surface area (Å²) in [4.78, 5) is 30.8. The fourth-order valence-electron chi connectivity index (χ4n) is 6.40. The SMILES string of the molecule is CCCCCCCC/C=C/CCCCCCCCCCCCCCCC(=O)N[C@@H](COP(=O)(O)O)[C@H](O)/C=C/CCCCCCCCCCC. The van der Waals surface area contributed by atoms with Crippen LogP contribution in [0.15, 0.2) is 24.3 Å². The van der Waals surface area contributed by atoms with Crippen molar-refractivity contribution in [2.24, 2.45) is 0 Å².